The molecule has 0 aromatic rings. The smallest absolute Gasteiger partial charge is 0.127 e. The van der Waals surface area contributed by atoms with Crippen LogP contribution in [-0.4, -0.2) is 6.29 Å². The summed E-state index contributed by atoms with van der Waals surface area (Å²) in [4.78, 5) is 11.1. The normalized spacial score (nSPS) is 49.6. The van der Waals surface area contributed by atoms with Gasteiger partial charge in [-0.1, -0.05) is 27.2 Å². The van der Waals surface area contributed by atoms with E-state index < -0.39 is 0 Å². The second-order valence-electron chi connectivity index (χ2n) is 5.22. The van der Waals surface area contributed by atoms with Crippen LogP contribution in [0.2, 0.25) is 0 Å². The van der Waals surface area contributed by atoms with Gasteiger partial charge in [0.05, 0.1) is 0 Å². The minimum Gasteiger partial charge on any atom is -0.303 e. The Morgan fingerprint density at radius 2 is 2.08 bits per heavy atom. The lowest BCUT2D eigenvalue weighted by atomic mass is 9.67. The Bertz CT molecular complexity index is 219. The van der Waals surface area contributed by atoms with Crippen molar-refractivity contribution < 1.29 is 4.79 Å². The highest BCUT2D eigenvalue weighted by Crippen LogP contribution is 2.71. The fourth-order valence-electron chi connectivity index (χ4n) is 3.62. The molecule has 1 heteroatoms. The molecule has 0 aliphatic heterocycles. The van der Waals surface area contributed by atoms with Crippen molar-refractivity contribution in [1.82, 2.24) is 0 Å². The van der Waals surface area contributed by atoms with Gasteiger partial charge in [0.25, 0.3) is 0 Å². The third-order valence-corrected chi connectivity index (χ3v) is 4.55. The van der Waals surface area contributed by atoms with E-state index in [0.717, 1.165) is 0 Å². The molecule has 0 N–H and O–H groups in total. The van der Waals surface area contributed by atoms with E-state index >= 15 is 0 Å². The molecule has 0 spiro atoms. The van der Waals surface area contributed by atoms with Crippen LogP contribution in [0.5, 0.6) is 0 Å². The van der Waals surface area contributed by atoms with Gasteiger partial charge in [-0.25, -0.2) is 0 Å². The summed E-state index contributed by atoms with van der Waals surface area (Å²) in [5, 5.41) is 0. The summed E-state index contributed by atoms with van der Waals surface area (Å²) in [6, 6.07) is 0. The van der Waals surface area contributed by atoms with Crippen LogP contribution in [0.4, 0.5) is 0 Å². The highest BCUT2D eigenvalue weighted by Gasteiger charge is 2.69. The molecule has 0 amide bonds. The Hall–Kier alpha value is -0.330. The number of carbonyl (C=O) groups is 1. The predicted molar refractivity (Wildman–Crippen MR) is 48.8 cm³/mol. The standard InChI is InChI=1S/C11H18O/c1-8-9-5-4-6-10(2,3)11(8,9)7-12/h7-9H,4-6H2,1-3H3. The van der Waals surface area contributed by atoms with E-state index in [-0.39, 0.29) is 10.8 Å². The van der Waals surface area contributed by atoms with Crippen molar-refractivity contribution in [3.05, 3.63) is 0 Å². The third-order valence-electron chi connectivity index (χ3n) is 4.55. The van der Waals surface area contributed by atoms with E-state index in [1.54, 1.807) is 0 Å². The van der Waals surface area contributed by atoms with Crippen molar-refractivity contribution in [2.45, 2.75) is 40.0 Å². The van der Waals surface area contributed by atoms with Crippen LogP contribution < -0.4 is 0 Å². The summed E-state index contributed by atoms with van der Waals surface area (Å²) in [6.07, 6.45) is 5.08. The fourth-order valence-corrected chi connectivity index (χ4v) is 3.62. The van der Waals surface area contributed by atoms with Crippen LogP contribution in [0.25, 0.3) is 0 Å². The molecule has 3 unspecified atom stereocenters. The fraction of sp³-hybridized carbons (Fsp3) is 0.909. The molecule has 2 aliphatic rings. The average Bonchev–Trinajstić information content (AvgIpc) is 2.59. The Labute approximate surface area is 74.5 Å². The first-order valence-corrected chi connectivity index (χ1v) is 5.02. The van der Waals surface area contributed by atoms with Crippen LogP contribution in [0.1, 0.15) is 40.0 Å². The van der Waals surface area contributed by atoms with Crippen molar-refractivity contribution >= 4 is 6.29 Å². The van der Waals surface area contributed by atoms with E-state index in [0.29, 0.717) is 11.8 Å². The zero-order valence-electron chi connectivity index (χ0n) is 8.26. The first kappa shape index (κ1) is 8.28. The highest BCUT2D eigenvalue weighted by molar-refractivity contribution is 5.68. The minimum atomic E-state index is 0.0608. The molecule has 12 heavy (non-hydrogen) atoms. The van der Waals surface area contributed by atoms with E-state index in [9.17, 15) is 4.79 Å². The molecule has 68 valence electrons. The molecule has 1 nitrogen and oxygen atoms in total. The molecule has 0 heterocycles. The number of hydrogen-bond acceptors (Lipinski definition) is 1. The SMILES string of the molecule is CC1C2CCCC(C)(C)C12C=O. The van der Waals surface area contributed by atoms with Gasteiger partial charge in [-0.3, -0.25) is 0 Å². The Kier molecular flexibility index (Phi) is 1.47. The summed E-state index contributed by atoms with van der Waals surface area (Å²) in [5.41, 5.74) is 0.322. The zero-order valence-corrected chi connectivity index (χ0v) is 8.26. The molecule has 2 aliphatic carbocycles. The molecule has 0 bridgehead atoms. The minimum absolute atomic E-state index is 0.0608. The van der Waals surface area contributed by atoms with E-state index in [4.69, 9.17) is 0 Å². The maximum atomic E-state index is 11.1. The quantitative estimate of drug-likeness (QED) is 0.547. The van der Waals surface area contributed by atoms with Crippen LogP contribution in [0, 0.1) is 22.7 Å². The van der Waals surface area contributed by atoms with Gasteiger partial charge in [-0.2, -0.15) is 0 Å². The van der Waals surface area contributed by atoms with Crippen LogP contribution in [0.3, 0.4) is 0 Å². The summed E-state index contributed by atoms with van der Waals surface area (Å²) >= 11 is 0. The summed E-state index contributed by atoms with van der Waals surface area (Å²) in [5.74, 6) is 1.35. The molecular formula is C11H18O. The Morgan fingerprint density at radius 1 is 1.42 bits per heavy atom. The number of fused-ring (bicyclic) bond motifs is 1. The topological polar surface area (TPSA) is 17.1 Å². The van der Waals surface area contributed by atoms with Crippen molar-refractivity contribution in [3.63, 3.8) is 0 Å². The second-order valence-corrected chi connectivity index (χ2v) is 5.22. The first-order chi connectivity index (χ1) is 5.56. The Balaban J connectivity index is 2.33. The van der Waals surface area contributed by atoms with Crippen LogP contribution >= 0.6 is 0 Å². The number of hydrogen-bond donors (Lipinski definition) is 0. The molecule has 0 saturated heterocycles. The zero-order chi connectivity index (χ0) is 8.98. The lowest BCUT2D eigenvalue weighted by molar-refractivity contribution is -0.118. The van der Waals surface area contributed by atoms with E-state index in [1.807, 2.05) is 0 Å². The van der Waals surface area contributed by atoms with Crippen molar-refractivity contribution in [2.75, 3.05) is 0 Å². The molecule has 0 radical (unpaired) electrons. The van der Waals surface area contributed by atoms with Gasteiger partial charge < -0.3 is 4.79 Å². The van der Waals surface area contributed by atoms with Gasteiger partial charge >= 0.3 is 0 Å². The summed E-state index contributed by atoms with van der Waals surface area (Å²) in [7, 11) is 0. The Morgan fingerprint density at radius 3 is 2.50 bits per heavy atom. The molecule has 2 rings (SSSR count). The monoisotopic (exact) mass is 166 g/mol. The van der Waals surface area contributed by atoms with Crippen molar-refractivity contribution in [2.24, 2.45) is 22.7 Å². The summed E-state index contributed by atoms with van der Waals surface area (Å²) < 4.78 is 0. The van der Waals surface area contributed by atoms with E-state index in [2.05, 4.69) is 20.8 Å². The molecule has 0 aromatic carbocycles. The number of rotatable bonds is 1. The van der Waals surface area contributed by atoms with Gasteiger partial charge in [-0.15, -0.1) is 0 Å². The number of carbonyl (C=O) groups excluding carboxylic acids is 1. The average molecular weight is 166 g/mol. The molecule has 2 fully saturated rings. The molecular weight excluding hydrogens is 148 g/mol. The van der Waals surface area contributed by atoms with Gasteiger partial charge in [-0.05, 0) is 30.1 Å². The first-order valence-electron chi connectivity index (χ1n) is 5.02. The van der Waals surface area contributed by atoms with Crippen molar-refractivity contribution in [1.29, 1.82) is 0 Å². The maximum Gasteiger partial charge on any atom is 0.127 e. The lowest BCUT2D eigenvalue weighted by Crippen LogP contribution is -2.32. The maximum absolute atomic E-state index is 11.1. The predicted octanol–water partition coefficient (Wildman–Crippen LogP) is 2.65. The van der Waals surface area contributed by atoms with Crippen LogP contribution in [-0.2, 0) is 4.79 Å². The molecule has 2 saturated carbocycles. The second kappa shape index (κ2) is 2.12. The van der Waals surface area contributed by atoms with Gasteiger partial charge in [0.2, 0.25) is 0 Å². The van der Waals surface area contributed by atoms with Gasteiger partial charge in [0, 0.05) is 5.41 Å². The van der Waals surface area contributed by atoms with Crippen LogP contribution in [0.15, 0.2) is 0 Å². The summed E-state index contributed by atoms with van der Waals surface area (Å²) in [6.45, 7) is 6.76. The lowest BCUT2D eigenvalue weighted by Gasteiger charge is -2.36. The number of aldehydes is 1. The van der Waals surface area contributed by atoms with Gasteiger partial charge in [0.1, 0.15) is 6.29 Å². The van der Waals surface area contributed by atoms with Gasteiger partial charge in [0.15, 0.2) is 0 Å². The third kappa shape index (κ3) is 0.681. The van der Waals surface area contributed by atoms with Crippen molar-refractivity contribution in [3.8, 4) is 0 Å². The largest absolute Gasteiger partial charge is 0.303 e. The molecule has 0 aromatic heterocycles. The van der Waals surface area contributed by atoms with E-state index in [1.165, 1.54) is 25.5 Å². The highest BCUT2D eigenvalue weighted by atomic mass is 16.1. The molecule has 3 atom stereocenters.